The van der Waals surface area contributed by atoms with Gasteiger partial charge in [0.25, 0.3) is 0 Å². The van der Waals surface area contributed by atoms with Gasteiger partial charge >= 0.3 is 0 Å². The number of carbonyl (C=O) groups is 1. The van der Waals surface area contributed by atoms with Crippen molar-refractivity contribution in [3.63, 3.8) is 0 Å². The van der Waals surface area contributed by atoms with Crippen molar-refractivity contribution in [1.82, 2.24) is 0 Å². The molecule has 0 radical (unpaired) electrons. The average molecular weight is 262 g/mol. The minimum Gasteiger partial charge on any atom is -0.496 e. The summed E-state index contributed by atoms with van der Waals surface area (Å²) in [7, 11) is 1.40. The second kappa shape index (κ2) is 5.18. The summed E-state index contributed by atoms with van der Waals surface area (Å²) in [5, 5.41) is 0. The molecule has 0 aromatic heterocycles. The topological polar surface area (TPSA) is 26.3 Å². The summed E-state index contributed by atoms with van der Waals surface area (Å²) in [5.74, 6) is -2.15. The van der Waals surface area contributed by atoms with E-state index in [1.165, 1.54) is 26.2 Å². The molecule has 0 saturated heterocycles. The van der Waals surface area contributed by atoms with Gasteiger partial charge in [-0.15, -0.1) is 0 Å². The zero-order valence-corrected chi connectivity index (χ0v) is 10.5. The Balaban J connectivity index is 2.60. The van der Waals surface area contributed by atoms with Gasteiger partial charge in [0, 0.05) is 0 Å². The van der Waals surface area contributed by atoms with Gasteiger partial charge in [0.15, 0.2) is 0 Å². The van der Waals surface area contributed by atoms with Gasteiger partial charge in [0.1, 0.15) is 17.4 Å². The van der Waals surface area contributed by atoms with Crippen molar-refractivity contribution >= 4 is 5.78 Å². The van der Waals surface area contributed by atoms with E-state index in [0.29, 0.717) is 0 Å². The van der Waals surface area contributed by atoms with Gasteiger partial charge in [-0.2, -0.15) is 0 Å². The van der Waals surface area contributed by atoms with Gasteiger partial charge in [-0.1, -0.05) is 18.2 Å². The van der Waals surface area contributed by atoms with Crippen LogP contribution in [0.2, 0.25) is 0 Å². The van der Waals surface area contributed by atoms with Crippen molar-refractivity contribution in [2.45, 2.75) is 6.92 Å². The van der Waals surface area contributed by atoms with Gasteiger partial charge < -0.3 is 4.74 Å². The molecule has 2 aromatic rings. The molecule has 0 N–H and O–H groups in total. The van der Waals surface area contributed by atoms with Gasteiger partial charge in [0.05, 0.1) is 18.2 Å². The highest BCUT2D eigenvalue weighted by Crippen LogP contribution is 2.25. The summed E-state index contributed by atoms with van der Waals surface area (Å²) in [5.41, 5.74) is -0.197. The van der Waals surface area contributed by atoms with E-state index in [1.807, 2.05) is 0 Å². The molecule has 0 aliphatic rings. The zero-order valence-electron chi connectivity index (χ0n) is 10.5. The fraction of sp³-hybridized carbons (Fsp3) is 0.133. The lowest BCUT2D eigenvalue weighted by molar-refractivity contribution is 0.102. The smallest absolute Gasteiger partial charge is 0.202 e. The number of aryl methyl sites for hydroxylation is 1. The number of hydrogen-bond donors (Lipinski definition) is 0. The lowest BCUT2D eigenvalue weighted by Gasteiger charge is -2.09. The number of ketones is 1. The van der Waals surface area contributed by atoms with Gasteiger partial charge in [0.2, 0.25) is 5.78 Å². The molecule has 0 aliphatic carbocycles. The first-order chi connectivity index (χ1) is 9.06. The largest absolute Gasteiger partial charge is 0.496 e. The molecule has 0 amide bonds. The molecule has 0 fully saturated rings. The standard InChI is InChI=1S/C15H12F2O2/c1-9-7-8-11(16)13(14(9)17)15(18)10-5-3-4-6-12(10)19-2/h3-8H,1-2H3. The Hall–Kier alpha value is -2.23. The number of methoxy groups -OCH3 is 1. The summed E-state index contributed by atoms with van der Waals surface area (Å²) in [6.07, 6.45) is 0. The Kier molecular flexibility index (Phi) is 3.60. The van der Waals surface area contributed by atoms with Crippen LogP contribution in [0, 0.1) is 18.6 Å². The lowest BCUT2D eigenvalue weighted by Crippen LogP contribution is -2.10. The van der Waals surface area contributed by atoms with Crippen LogP contribution >= 0.6 is 0 Å². The van der Waals surface area contributed by atoms with Crippen molar-refractivity contribution in [1.29, 1.82) is 0 Å². The van der Waals surface area contributed by atoms with E-state index in [-0.39, 0.29) is 16.9 Å². The molecule has 0 aliphatic heterocycles. The lowest BCUT2D eigenvalue weighted by atomic mass is 9.99. The Labute approximate surface area is 109 Å². The number of halogens is 2. The molecule has 2 aromatic carbocycles. The number of ether oxygens (including phenoxy) is 1. The van der Waals surface area contributed by atoms with E-state index < -0.39 is 23.0 Å². The first kappa shape index (κ1) is 13.2. The van der Waals surface area contributed by atoms with Crippen molar-refractivity contribution < 1.29 is 18.3 Å². The molecular formula is C15H12F2O2. The second-order valence-corrected chi connectivity index (χ2v) is 4.08. The van der Waals surface area contributed by atoms with Crippen LogP contribution in [-0.4, -0.2) is 12.9 Å². The molecule has 2 nitrogen and oxygen atoms in total. The number of hydrogen-bond acceptors (Lipinski definition) is 2. The number of benzene rings is 2. The summed E-state index contributed by atoms with van der Waals surface area (Å²) in [4.78, 5) is 12.3. The third kappa shape index (κ3) is 2.34. The fourth-order valence-electron chi connectivity index (χ4n) is 1.83. The summed E-state index contributed by atoms with van der Waals surface area (Å²) < 4.78 is 32.7. The van der Waals surface area contributed by atoms with Crippen LogP contribution < -0.4 is 4.74 Å². The maximum absolute atomic E-state index is 13.9. The Bertz CT molecular complexity index is 636. The summed E-state index contributed by atoms with van der Waals surface area (Å²) >= 11 is 0. The number of carbonyl (C=O) groups excluding carboxylic acids is 1. The Morgan fingerprint density at radius 3 is 2.47 bits per heavy atom. The average Bonchev–Trinajstić information content (AvgIpc) is 2.43. The van der Waals surface area contributed by atoms with E-state index in [9.17, 15) is 13.6 Å². The van der Waals surface area contributed by atoms with E-state index >= 15 is 0 Å². The predicted octanol–water partition coefficient (Wildman–Crippen LogP) is 3.51. The quantitative estimate of drug-likeness (QED) is 0.791. The number of rotatable bonds is 3. The summed E-state index contributed by atoms with van der Waals surface area (Å²) in [6, 6.07) is 8.71. The van der Waals surface area contributed by atoms with E-state index in [2.05, 4.69) is 0 Å². The first-order valence-corrected chi connectivity index (χ1v) is 5.68. The maximum atomic E-state index is 13.9. The van der Waals surface area contributed by atoms with E-state index in [4.69, 9.17) is 4.74 Å². The molecule has 19 heavy (non-hydrogen) atoms. The van der Waals surface area contributed by atoms with Crippen LogP contribution in [-0.2, 0) is 0 Å². The van der Waals surface area contributed by atoms with Crippen LogP contribution in [0.5, 0.6) is 5.75 Å². The molecule has 98 valence electrons. The van der Waals surface area contributed by atoms with Crippen molar-refractivity contribution in [3.8, 4) is 5.75 Å². The minimum absolute atomic E-state index is 0.133. The molecule has 0 saturated carbocycles. The highest BCUT2D eigenvalue weighted by molar-refractivity contribution is 6.11. The molecular weight excluding hydrogens is 250 g/mol. The molecule has 0 bridgehead atoms. The zero-order chi connectivity index (χ0) is 14.0. The number of para-hydroxylation sites is 1. The minimum atomic E-state index is -0.876. The normalized spacial score (nSPS) is 10.3. The molecule has 0 heterocycles. The van der Waals surface area contributed by atoms with Crippen LogP contribution in [0.25, 0.3) is 0 Å². The van der Waals surface area contributed by atoms with Crippen LogP contribution in [0.15, 0.2) is 36.4 Å². The molecule has 0 atom stereocenters. The highest BCUT2D eigenvalue weighted by atomic mass is 19.1. The van der Waals surface area contributed by atoms with Crippen LogP contribution in [0.4, 0.5) is 8.78 Å². The predicted molar refractivity (Wildman–Crippen MR) is 67.5 cm³/mol. The van der Waals surface area contributed by atoms with E-state index in [1.54, 1.807) is 18.2 Å². The first-order valence-electron chi connectivity index (χ1n) is 5.68. The van der Waals surface area contributed by atoms with Crippen LogP contribution in [0.3, 0.4) is 0 Å². The van der Waals surface area contributed by atoms with Crippen molar-refractivity contribution in [2.24, 2.45) is 0 Å². The Morgan fingerprint density at radius 1 is 1.11 bits per heavy atom. The monoisotopic (exact) mass is 262 g/mol. The molecule has 0 spiro atoms. The van der Waals surface area contributed by atoms with E-state index in [0.717, 1.165) is 6.07 Å². The third-order valence-electron chi connectivity index (χ3n) is 2.86. The van der Waals surface area contributed by atoms with Gasteiger partial charge in [-0.3, -0.25) is 4.79 Å². The Morgan fingerprint density at radius 2 is 1.79 bits per heavy atom. The maximum Gasteiger partial charge on any atom is 0.202 e. The second-order valence-electron chi connectivity index (χ2n) is 4.08. The van der Waals surface area contributed by atoms with Gasteiger partial charge in [-0.05, 0) is 30.7 Å². The summed E-state index contributed by atoms with van der Waals surface area (Å²) in [6.45, 7) is 1.48. The van der Waals surface area contributed by atoms with Gasteiger partial charge in [-0.25, -0.2) is 8.78 Å². The van der Waals surface area contributed by atoms with Crippen molar-refractivity contribution in [2.75, 3.05) is 7.11 Å². The fourth-order valence-corrected chi connectivity index (χ4v) is 1.83. The molecule has 2 rings (SSSR count). The van der Waals surface area contributed by atoms with Crippen molar-refractivity contribution in [3.05, 3.63) is 64.7 Å². The van der Waals surface area contributed by atoms with Crippen LogP contribution in [0.1, 0.15) is 21.5 Å². The SMILES string of the molecule is COc1ccccc1C(=O)c1c(F)ccc(C)c1F. The highest BCUT2D eigenvalue weighted by Gasteiger charge is 2.22. The molecule has 0 unspecified atom stereocenters. The molecule has 4 heteroatoms. The third-order valence-corrected chi connectivity index (χ3v) is 2.86.